The first kappa shape index (κ1) is 20.7. The summed E-state index contributed by atoms with van der Waals surface area (Å²) < 4.78 is 18.6. The van der Waals surface area contributed by atoms with Crippen molar-refractivity contribution >= 4 is 17.8 Å². The van der Waals surface area contributed by atoms with E-state index in [0.29, 0.717) is 12.3 Å². The summed E-state index contributed by atoms with van der Waals surface area (Å²) in [4.78, 5) is 35.4. The Hall–Kier alpha value is -2.64. The quantitative estimate of drug-likeness (QED) is 0.641. The minimum Gasteiger partial charge on any atom is -0.494 e. The van der Waals surface area contributed by atoms with E-state index in [4.69, 9.17) is 4.74 Å². The number of carbonyl (C=O) groups excluding carboxylic acids is 2. The van der Waals surface area contributed by atoms with Gasteiger partial charge < -0.3 is 20.5 Å². The number of carboxylic acid groups (broad SMARTS) is 1. The standard InChI is InChI=1S/C19H25FN2O5/c1-27-15-8-7-13(10-14(15)20)18(19(25)26)22-17(24)11-21-16(23)9-12-5-3-2-4-6-12/h7-8,10,12,18H,2-6,9,11H2,1H3,(H,21,23)(H,22,24)(H,25,26). The maximum atomic E-state index is 13.8. The highest BCUT2D eigenvalue weighted by atomic mass is 19.1. The summed E-state index contributed by atoms with van der Waals surface area (Å²) in [7, 11) is 1.30. The largest absolute Gasteiger partial charge is 0.494 e. The van der Waals surface area contributed by atoms with Crippen LogP contribution in [-0.4, -0.2) is 36.5 Å². The Morgan fingerprint density at radius 3 is 2.52 bits per heavy atom. The fourth-order valence-corrected chi connectivity index (χ4v) is 3.27. The second-order valence-electron chi connectivity index (χ2n) is 6.72. The zero-order chi connectivity index (χ0) is 19.8. The molecule has 0 aliphatic heterocycles. The lowest BCUT2D eigenvalue weighted by Crippen LogP contribution is -2.41. The van der Waals surface area contributed by atoms with Gasteiger partial charge >= 0.3 is 5.97 Å². The molecule has 1 aromatic carbocycles. The van der Waals surface area contributed by atoms with E-state index in [2.05, 4.69) is 10.6 Å². The molecule has 2 amide bonds. The van der Waals surface area contributed by atoms with Crippen LogP contribution in [-0.2, 0) is 14.4 Å². The molecular formula is C19H25FN2O5. The van der Waals surface area contributed by atoms with Crippen LogP contribution in [0.2, 0.25) is 0 Å². The molecule has 8 heteroatoms. The zero-order valence-electron chi connectivity index (χ0n) is 15.3. The van der Waals surface area contributed by atoms with Gasteiger partial charge in [0, 0.05) is 6.42 Å². The van der Waals surface area contributed by atoms with E-state index < -0.39 is 23.7 Å². The van der Waals surface area contributed by atoms with Gasteiger partial charge in [-0.25, -0.2) is 9.18 Å². The van der Waals surface area contributed by atoms with Crippen LogP contribution < -0.4 is 15.4 Å². The molecule has 0 radical (unpaired) electrons. The number of nitrogens with one attached hydrogen (secondary N) is 2. The van der Waals surface area contributed by atoms with Crippen molar-refractivity contribution in [3.63, 3.8) is 0 Å². The van der Waals surface area contributed by atoms with Crippen molar-refractivity contribution in [2.24, 2.45) is 5.92 Å². The van der Waals surface area contributed by atoms with Gasteiger partial charge in [0.05, 0.1) is 13.7 Å². The molecule has 7 nitrogen and oxygen atoms in total. The molecule has 3 N–H and O–H groups in total. The highest BCUT2D eigenvalue weighted by Gasteiger charge is 2.24. The smallest absolute Gasteiger partial charge is 0.330 e. The molecule has 0 saturated heterocycles. The number of carboxylic acids is 1. The van der Waals surface area contributed by atoms with E-state index in [1.165, 1.54) is 25.7 Å². The van der Waals surface area contributed by atoms with Gasteiger partial charge in [-0.3, -0.25) is 9.59 Å². The van der Waals surface area contributed by atoms with Gasteiger partial charge in [0.25, 0.3) is 0 Å². The molecule has 27 heavy (non-hydrogen) atoms. The van der Waals surface area contributed by atoms with Crippen LogP contribution >= 0.6 is 0 Å². The Kier molecular flexibility index (Phi) is 7.57. The lowest BCUT2D eigenvalue weighted by atomic mass is 9.87. The molecule has 1 atom stereocenters. The third-order valence-corrected chi connectivity index (χ3v) is 4.71. The molecule has 1 saturated carbocycles. The van der Waals surface area contributed by atoms with E-state index in [1.807, 2.05) is 0 Å². The predicted octanol–water partition coefficient (Wildman–Crippen LogP) is 2.16. The molecule has 0 aromatic heterocycles. The summed E-state index contributed by atoms with van der Waals surface area (Å²) in [5.41, 5.74) is 0.0719. The first-order chi connectivity index (χ1) is 12.9. The number of methoxy groups -OCH3 is 1. The molecular weight excluding hydrogens is 355 g/mol. The number of amides is 2. The van der Waals surface area contributed by atoms with E-state index in [9.17, 15) is 23.9 Å². The second kappa shape index (κ2) is 9.89. The Bertz CT molecular complexity index is 689. The van der Waals surface area contributed by atoms with Crippen LogP contribution in [0.3, 0.4) is 0 Å². The first-order valence-corrected chi connectivity index (χ1v) is 9.03. The van der Waals surface area contributed by atoms with Gasteiger partial charge in [0.15, 0.2) is 17.6 Å². The van der Waals surface area contributed by atoms with Crippen LogP contribution in [0.5, 0.6) is 5.75 Å². The van der Waals surface area contributed by atoms with Gasteiger partial charge in [-0.2, -0.15) is 0 Å². The summed E-state index contributed by atoms with van der Waals surface area (Å²) in [6.45, 7) is -0.325. The predicted molar refractivity (Wildman–Crippen MR) is 95.7 cm³/mol. The number of carbonyl (C=O) groups is 3. The summed E-state index contributed by atoms with van der Waals surface area (Å²) in [5.74, 6) is -2.62. The Morgan fingerprint density at radius 1 is 1.22 bits per heavy atom. The second-order valence-corrected chi connectivity index (χ2v) is 6.72. The van der Waals surface area contributed by atoms with Gasteiger partial charge in [-0.05, 0) is 36.5 Å². The lowest BCUT2D eigenvalue weighted by molar-refractivity contribution is -0.142. The van der Waals surface area contributed by atoms with Crippen LogP contribution in [0.1, 0.15) is 50.1 Å². The van der Waals surface area contributed by atoms with E-state index in [0.717, 1.165) is 31.7 Å². The fraction of sp³-hybridized carbons (Fsp3) is 0.526. The van der Waals surface area contributed by atoms with Crippen molar-refractivity contribution in [2.75, 3.05) is 13.7 Å². The SMILES string of the molecule is COc1ccc(C(NC(=O)CNC(=O)CC2CCCCC2)C(=O)O)cc1F. The van der Waals surface area contributed by atoms with Crippen LogP contribution in [0.4, 0.5) is 4.39 Å². The van der Waals surface area contributed by atoms with Gasteiger partial charge in [-0.1, -0.05) is 25.3 Å². The van der Waals surface area contributed by atoms with E-state index in [1.54, 1.807) is 0 Å². The summed E-state index contributed by atoms with van der Waals surface area (Å²) >= 11 is 0. The molecule has 0 heterocycles. The van der Waals surface area contributed by atoms with Gasteiger partial charge in [0.2, 0.25) is 11.8 Å². The molecule has 0 bridgehead atoms. The fourth-order valence-electron chi connectivity index (χ4n) is 3.27. The monoisotopic (exact) mass is 380 g/mol. The number of hydrogen-bond donors (Lipinski definition) is 3. The molecule has 1 unspecified atom stereocenters. The third kappa shape index (κ3) is 6.23. The van der Waals surface area contributed by atoms with E-state index >= 15 is 0 Å². The van der Waals surface area contributed by atoms with Crippen molar-refractivity contribution in [1.29, 1.82) is 0 Å². The minimum atomic E-state index is -1.42. The molecule has 1 fully saturated rings. The number of benzene rings is 1. The average Bonchev–Trinajstić information content (AvgIpc) is 2.65. The van der Waals surface area contributed by atoms with Crippen LogP contribution in [0, 0.1) is 11.7 Å². The molecule has 2 rings (SSSR count). The normalized spacial score (nSPS) is 15.6. The minimum absolute atomic E-state index is 0.0239. The Balaban J connectivity index is 1.88. The maximum Gasteiger partial charge on any atom is 0.330 e. The molecule has 148 valence electrons. The number of ether oxygens (including phenoxy) is 1. The molecule has 1 aliphatic carbocycles. The van der Waals surface area contributed by atoms with Gasteiger partial charge in [-0.15, -0.1) is 0 Å². The van der Waals surface area contributed by atoms with Crippen molar-refractivity contribution < 1.29 is 28.6 Å². The Morgan fingerprint density at radius 2 is 1.93 bits per heavy atom. The van der Waals surface area contributed by atoms with Crippen molar-refractivity contribution in [3.05, 3.63) is 29.6 Å². The molecule has 0 spiro atoms. The number of rotatable bonds is 8. The zero-order valence-corrected chi connectivity index (χ0v) is 15.3. The highest BCUT2D eigenvalue weighted by molar-refractivity contribution is 5.88. The average molecular weight is 380 g/mol. The number of hydrogen-bond acceptors (Lipinski definition) is 4. The highest BCUT2D eigenvalue weighted by Crippen LogP contribution is 2.26. The topological polar surface area (TPSA) is 105 Å². The number of halogens is 1. The Labute approximate surface area is 157 Å². The summed E-state index contributed by atoms with van der Waals surface area (Å²) in [5, 5.41) is 14.1. The molecule has 1 aromatic rings. The third-order valence-electron chi connectivity index (χ3n) is 4.71. The van der Waals surface area contributed by atoms with Crippen molar-refractivity contribution in [3.8, 4) is 5.75 Å². The summed E-state index contributed by atoms with van der Waals surface area (Å²) in [6.07, 6.45) is 5.85. The van der Waals surface area contributed by atoms with Crippen LogP contribution in [0.15, 0.2) is 18.2 Å². The maximum absolute atomic E-state index is 13.8. The van der Waals surface area contributed by atoms with Crippen LogP contribution in [0.25, 0.3) is 0 Å². The van der Waals surface area contributed by atoms with Gasteiger partial charge in [0.1, 0.15) is 0 Å². The van der Waals surface area contributed by atoms with Crippen molar-refractivity contribution in [1.82, 2.24) is 10.6 Å². The summed E-state index contributed by atoms with van der Waals surface area (Å²) in [6, 6.07) is 2.23. The number of aliphatic carboxylic acids is 1. The van der Waals surface area contributed by atoms with Crippen molar-refractivity contribution in [2.45, 2.75) is 44.6 Å². The first-order valence-electron chi connectivity index (χ1n) is 9.03. The molecule has 1 aliphatic rings. The van der Waals surface area contributed by atoms with E-state index in [-0.39, 0.29) is 23.8 Å². The lowest BCUT2D eigenvalue weighted by Gasteiger charge is -2.21.